The summed E-state index contributed by atoms with van der Waals surface area (Å²) in [6, 6.07) is 6.38. The van der Waals surface area contributed by atoms with Crippen LogP contribution in [-0.2, 0) is 9.53 Å². The van der Waals surface area contributed by atoms with E-state index in [1.807, 2.05) is 4.90 Å². The molecule has 1 aliphatic heterocycles. The third-order valence-electron chi connectivity index (χ3n) is 2.82. The van der Waals surface area contributed by atoms with Crippen molar-refractivity contribution in [3.05, 3.63) is 34.4 Å². The molecule has 0 aromatic heterocycles. The largest absolute Gasteiger partial charge is 0.469 e. The molecular weight excluding hydrogens is 224 g/mol. The Morgan fingerprint density at radius 2 is 2.24 bits per heavy atom. The normalized spacial score (nSPS) is 15.2. The molecule has 0 aliphatic carbocycles. The quantitative estimate of drug-likeness (QED) is 0.448. The van der Waals surface area contributed by atoms with Gasteiger partial charge in [0, 0.05) is 30.9 Å². The second kappa shape index (κ2) is 4.40. The topological polar surface area (TPSA) is 72.7 Å². The number of hydrogen-bond acceptors (Lipinski definition) is 5. The minimum Gasteiger partial charge on any atom is -0.469 e. The number of nitrogens with zero attached hydrogens (tertiary/aromatic N) is 2. The molecule has 0 saturated carbocycles. The number of carbonyl (C=O) groups excluding carboxylic acids is 1. The number of nitro groups is 1. The van der Waals surface area contributed by atoms with Gasteiger partial charge in [-0.3, -0.25) is 14.9 Å². The van der Waals surface area contributed by atoms with Gasteiger partial charge in [-0.05, 0) is 6.07 Å². The van der Waals surface area contributed by atoms with Crippen molar-refractivity contribution in [3.63, 3.8) is 0 Å². The molecular formula is C11H12N2O4. The molecule has 0 amide bonds. The Hall–Kier alpha value is -2.11. The second-order valence-electron chi connectivity index (χ2n) is 3.90. The maximum absolute atomic E-state index is 11.2. The molecule has 0 bridgehead atoms. The second-order valence-corrected chi connectivity index (χ2v) is 3.90. The molecule has 1 heterocycles. The van der Waals surface area contributed by atoms with Crippen LogP contribution in [0.25, 0.3) is 0 Å². The molecule has 1 saturated heterocycles. The summed E-state index contributed by atoms with van der Waals surface area (Å²) < 4.78 is 4.63. The van der Waals surface area contributed by atoms with Crippen LogP contribution in [0.15, 0.2) is 24.3 Å². The average molecular weight is 236 g/mol. The van der Waals surface area contributed by atoms with Gasteiger partial charge in [-0.1, -0.05) is 6.07 Å². The molecule has 0 spiro atoms. The number of esters is 1. The van der Waals surface area contributed by atoms with Crippen LogP contribution in [-0.4, -0.2) is 31.1 Å². The Bertz CT molecular complexity index is 455. The molecule has 0 atom stereocenters. The van der Waals surface area contributed by atoms with Crippen molar-refractivity contribution in [2.75, 3.05) is 25.1 Å². The van der Waals surface area contributed by atoms with Crippen LogP contribution in [0.5, 0.6) is 0 Å². The predicted molar refractivity (Wildman–Crippen MR) is 60.8 cm³/mol. The zero-order chi connectivity index (χ0) is 12.4. The highest BCUT2D eigenvalue weighted by molar-refractivity contribution is 5.76. The Balaban J connectivity index is 2.04. The van der Waals surface area contributed by atoms with Gasteiger partial charge in [0.05, 0.1) is 18.0 Å². The van der Waals surface area contributed by atoms with Crippen molar-refractivity contribution < 1.29 is 14.5 Å². The van der Waals surface area contributed by atoms with Crippen LogP contribution in [0.3, 0.4) is 0 Å². The summed E-state index contributed by atoms with van der Waals surface area (Å²) in [5.41, 5.74) is 0.823. The molecule has 90 valence electrons. The minimum atomic E-state index is -0.429. The average Bonchev–Trinajstić information content (AvgIpc) is 2.27. The summed E-state index contributed by atoms with van der Waals surface area (Å²) in [5, 5.41) is 10.6. The van der Waals surface area contributed by atoms with E-state index in [4.69, 9.17) is 0 Å². The van der Waals surface area contributed by atoms with Gasteiger partial charge in [0.2, 0.25) is 0 Å². The maximum Gasteiger partial charge on any atom is 0.312 e. The molecule has 6 nitrogen and oxygen atoms in total. The van der Waals surface area contributed by atoms with E-state index in [1.165, 1.54) is 19.2 Å². The van der Waals surface area contributed by atoms with Crippen molar-refractivity contribution in [3.8, 4) is 0 Å². The lowest BCUT2D eigenvalue weighted by atomic mass is 9.99. The first-order valence-corrected chi connectivity index (χ1v) is 5.19. The fourth-order valence-corrected chi connectivity index (χ4v) is 1.81. The first kappa shape index (κ1) is 11.4. The number of ether oxygens (including phenoxy) is 1. The third kappa shape index (κ3) is 2.20. The van der Waals surface area contributed by atoms with Gasteiger partial charge >= 0.3 is 5.97 Å². The Labute approximate surface area is 97.9 Å². The molecule has 2 rings (SSSR count). The zero-order valence-electron chi connectivity index (χ0n) is 9.33. The molecule has 1 fully saturated rings. The van der Waals surface area contributed by atoms with Crippen molar-refractivity contribution in [2.45, 2.75) is 0 Å². The van der Waals surface area contributed by atoms with Gasteiger partial charge in [-0.2, -0.15) is 0 Å². The van der Waals surface area contributed by atoms with Gasteiger partial charge in [-0.15, -0.1) is 0 Å². The zero-order valence-corrected chi connectivity index (χ0v) is 9.33. The molecule has 1 aromatic rings. The van der Waals surface area contributed by atoms with Crippen molar-refractivity contribution in [1.82, 2.24) is 0 Å². The Kier molecular flexibility index (Phi) is 2.95. The molecule has 1 aliphatic rings. The highest BCUT2D eigenvalue weighted by Gasteiger charge is 2.33. The van der Waals surface area contributed by atoms with E-state index in [2.05, 4.69) is 4.74 Å². The van der Waals surface area contributed by atoms with Gasteiger partial charge in [0.1, 0.15) is 0 Å². The van der Waals surface area contributed by atoms with Gasteiger partial charge < -0.3 is 9.64 Å². The van der Waals surface area contributed by atoms with Gasteiger partial charge in [-0.25, -0.2) is 0 Å². The SMILES string of the molecule is COC(=O)C1CN(c2cccc([N+](=O)[O-])c2)C1. The number of carbonyl (C=O) groups is 1. The lowest BCUT2D eigenvalue weighted by molar-refractivity contribution is -0.384. The van der Waals surface area contributed by atoms with Crippen LogP contribution >= 0.6 is 0 Å². The summed E-state index contributed by atoms with van der Waals surface area (Å²) in [6.45, 7) is 1.10. The summed E-state index contributed by atoms with van der Waals surface area (Å²) in [6.07, 6.45) is 0. The first-order chi connectivity index (χ1) is 8.11. The Morgan fingerprint density at radius 1 is 1.53 bits per heavy atom. The summed E-state index contributed by atoms with van der Waals surface area (Å²) in [4.78, 5) is 23.3. The van der Waals surface area contributed by atoms with E-state index in [0.29, 0.717) is 13.1 Å². The summed E-state index contributed by atoms with van der Waals surface area (Å²) >= 11 is 0. The highest BCUT2D eigenvalue weighted by Crippen LogP contribution is 2.27. The van der Waals surface area contributed by atoms with Gasteiger partial charge in [0.25, 0.3) is 5.69 Å². The molecule has 0 radical (unpaired) electrons. The molecule has 17 heavy (non-hydrogen) atoms. The van der Waals surface area contributed by atoms with E-state index in [0.717, 1.165) is 5.69 Å². The van der Waals surface area contributed by atoms with Crippen molar-refractivity contribution in [1.29, 1.82) is 0 Å². The number of methoxy groups -OCH3 is 1. The van der Waals surface area contributed by atoms with Crippen LogP contribution in [0.2, 0.25) is 0 Å². The number of nitro benzene ring substituents is 1. The van der Waals surface area contributed by atoms with E-state index < -0.39 is 4.92 Å². The number of anilines is 1. The van der Waals surface area contributed by atoms with Crippen LogP contribution < -0.4 is 4.90 Å². The van der Waals surface area contributed by atoms with Crippen LogP contribution in [0.1, 0.15) is 0 Å². The van der Waals surface area contributed by atoms with Gasteiger partial charge in [0.15, 0.2) is 0 Å². The van der Waals surface area contributed by atoms with Crippen LogP contribution in [0, 0.1) is 16.0 Å². The van der Waals surface area contributed by atoms with Crippen molar-refractivity contribution >= 4 is 17.3 Å². The fraction of sp³-hybridized carbons (Fsp3) is 0.364. The monoisotopic (exact) mass is 236 g/mol. The molecule has 1 aromatic carbocycles. The van der Waals surface area contributed by atoms with E-state index in [-0.39, 0.29) is 17.6 Å². The number of rotatable bonds is 3. The maximum atomic E-state index is 11.2. The van der Waals surface area contributed by atoms with E-state index in [9.17, 15) is 14.9 Å². The van der Waals surface area contributed by atoms with E-state index in [1.54, 1.807) is 12.1 Å². The smallest absolute Gasteiger partial charge is 0.312 e. The van der Waals surface area contributed by atoms with E-state index >= 15 is 0 Å². The number of benzene rings is 1. The van der Waals surface area contributed by atoms with Crippen molar-refractivity contribution in [2.24, 2.45) is 5.92 Å². The lowest BCUT2D eigenvalue weighted by Crippen LogP contribution is -2.50. The first-order valence-electron chi connectivity index (χ1n) is 5.19. The molecule has 0 N–H and O–H groups in total. The number of hydrogen-bond donors (Lipinski definition) is 0. The standard InChI is InChI=1S/C11H12N2O4/c1-17-11(14)8-6-12(7-8)9-3-2-4-10(5-9)13(15)16/h2-5,8H,6-7H2,1H3. The Morgan fingerprint density at radius 3 is 2.82 bits per heavy atom. The summed E-state index contributed by atoms with van der Waals surface area (Å²) in [7, 11) is 1.36. The van der Waals surface area contributed by atoms with Crippen LogP contribution in [0.4, 0.5) is 11.4 Å². The molecule has 6 heteroatoms. The fourth-order valence-electron chi connectivity index (χ4n) is 1.81. The lowest BCUT2D eigenvalue weighted by Gasteiger charge is -2.39. The number of non-ortho nitro benzene ring substituents is 1. The summed E-state index contributed by atoms with van der Waals surface area (Å²) in [5.74, 6) is -0.356. The molecule has 0 unspecified atom stereocenters. The third-order valence-corrected chi connectivity index (χ3v) is 2.82. The highest BCUT2D eigenvalue weighted by atomic mass is 16.6. The minimum absolute atomic E-state index is 0.0593. The predicted octanol–water partition coefficient (Wildman–Crippen LogP) is 1.20.